The van der Waals surface area contributed by atoms with Crippen molar-refractivity contribution in [3.63, 3.8) is 0 Å². The van der Waals surface area contributed by atoms with Crippen molar-refractivity contribution in [2.75, 3.05) is 5.73 Å². The van der Waals surface area contributed by atoms with Gasteiger partial charge in [0.15, 0.2) is 5.82 Å². The van der Waals surface area contributed by atoms with Gasteiger partial charge in [0.25, 0.3) is 5.91 Å². The zero-order valence-corrected chi connectivity index (χ0v) is 12.6. The molecule has 0 aliphatic heterocycles. The Morgan fingerprint density at radius 2 is 2.09 bits per heavy atom. The lowest BCUT2D eigenvalue weighted by Gasteiger charge is -2.22. The number of hydrogen-bond donors (Lipinski definition) is 2. The smallest absolute Gasteiger partial charge is 0.256 e. The minimum absolute atomic E-state index is 0.165. The zero-order chi connectivity index (χ0) is 15.5. The maximum atomic E-state index is 12.4. The van der Waals surface area contributed by atoms with Gasteiger partial charge in [-0.05, 0) is 19.8 Å². The first-order valence-corrected chi connectivity index (χ1v) is 7.58. The second-order valence-electron chi connectivity index (χ2n) is 5.68. The van der Waals surface area contributed by atoms with Crippen LogP contribution in [-0.2, 0) is 0 Å². The van der Waals surface area contributed by atoms with Gasteiger partial charge in [-0.15, -0.1) is 0 Å². The molecule has 2 heterocycles. The Morgan fingerprint density at radius 3 is 2.82 bits per heavy atom. The van der Waals surface area contributed by atoms with E-state index in [-0.39, 0.29) is 11.9 Å². The standard InChI is InChI=1S/C15H20N6O/c1-10-7-13(18-9-17-10)21-14(16)12(8-19-21)15(22)20-11-5-3-2-4-6-11/h7-9,11H,2-6,16H2,1H3,(H,20,22). The molecule has 1 aliphatic carbocycles. The summed E-state index contributed by atoms with van der Waals surface area (Å²) < 4.78 is 1.46. The summed E-state index contributed by atoms with van der Waals surface area (Å²) in [6.07, 6.45) is 8.59. The molecule has 0 unspecified atom stereocenters. The number of nitrogens with zero attached hydrogens (tertiary/aromatic N) is 4. The van der Waals surface area contributed by atoms with Crippen molar-refractivity contribution < 1.29 is 4.79 Å². The minimum Gasteiger partial charge on any atom is -0.383 e. The molecule has 3 rings (SSSR count). The van der Waals surface area contributed by atoms with E-state index in [1.165, 1.54) is 36.5 Å². The average Bonchev–Trinajstić information content (AvgIpc) is 2.90. The number of nitrogens with one attached hydrogen (secondary N) is 1. The Bertz CT molecular complexity index is 674. The predicted octanol–water partition coefficient (Wildman–Crippen LogP) is 1.62. The van der Waals surface area contributed by atoms with Gasteiger partial charge < -0.3 is 11.1 Å². The first-order valence-electron chi connectivity index (χ1n) is 7.58. The maximum absolute atomic E-state index is 12.4. The first-order chi connectivity index (χ1) is 10.6. The molecule has 7 nitrogen and oxygen atoms in total. The number of amides is 1. The molecule has 22 heavy (non-hydrogen) atoms. The summed E-state index contributed by atoms with van der Waals surface area (Å²) in [7, 11) is 0. The van der Waals surface area contributed by atoms with Crippen LogP contribution in [0.4, 0.5) is 5.82 Å². The third kappa shape index (κ3) is 2.93. The number of aryl methyl sites for hydroxylation is 1. The topological polar surface area (TPSA) is 98.7 Å². The maximum Gasteiger partial charge on any atom is 0.256 e. The highest BCUT2D eigenvalue weighted by atomic mass is 16.1. The van der Waals surface area contributed by atoms with Gasteiger partial charge in [0.2, 0.25) is 0 Å². The van der Waals surface area contributed by atoms with Gasteiger partial charge in [0.1, 0.15) is 17.7 Å². The molecular formula is C15H20N6O. The van der Waals surface area contributed by atoms with E-state index in [2.05, 4.69) is 20.4 Å². The van der Waals surface area contributed by atoms with Crippen molar-refractivity contribution in [2.45, 2.75) is 45.1 Å². The zero-order valence-electron chi connectivity index (χ0n) is 12.6. The number of anilines is 1. The third-order valence-corrected chi connectivity index (χ3v) is 4.00. The molecule has 7 heteroatoms. The highest BCUT2D eigenvalue weighted by Gasteiger charge is 2.21. The average molecular weight is 300 g/mol. The summed E-state index contributed by atoms with van der Waals surface area (Å²) in [4.78, 5) is 20.5. The van der Waals surface area contributed by atoms with Crippen molar-refractivity contribution in [2.24, 2.45) is 0 Å². The Balaban J connectivity index is 1.79. The Morgan fingerprint density at radius 1 is 1.32 bits per heavy atom. The molecule has 1 amide bonds. The van der Waals surface area contributed by atoms with Crippen molar-refractivity contribution in [1.29, 1.82) is 0 Å². The molecule has 0 bridgehead atoms. The molecule has 0 saturated heterocycles. The van der Waals surface area contributed by atoms with E-state index in [1.807, 2.05) is 6.92 Å². The lowest BCUT2D eigenvalue weighted by molar-refractivity contribution is 0.0928. The van der Waals surface area contributed by atoms with E-state index in [0.717, 1.165) is 18.5 Å². The van der Waals surface area contributed by atoms with Gasteiger partial charge in [-0.3, -0.25) is 4.79 Å². The van der Waals surface area contributed by atoms with E-state index >= 15 is 0 Å². The largest absolute Gasteiger partial charge is 0.383 e. The number of aromatic nitrogens is 4. The molecule has 1 saturated carbocycles. The van der Waals surface area contributed by atoms with Crippen LogP contribution in [-0.4, -0.2) is 31.7 Å². The van der Waals surface area contributed by atoms with Gasteiger partial charge in [0, 0.05) is 17.8 Å². The molecule has 116 valence electrons. The third-order valence-electron chi connectivity index (χ3n) is 4.00. The highest BCUT2D eigenvalue weighted by Crippen LogP contribution is 2.20. The lowest BCUT2D eigenvalue weighted by atomic mass is 9.95. The van der Waals surface area contributed by atoms with Crippen LogP contribution in [0.15, 0.2) is 18.6 Å². The fourth-order valence-electron chi connectivity index (χ4n) is 2.78. The molecule has 1 aliphatic rings. The summed E-state index contributed by atoms with van der Waals surface area (Å²) in [6.45, 7) is 1.86. The summed E-state index contributed by atoms with van der Waals surface area (Å²) in [6, 6.07) is 2.01. The summed E-state index contributed by atoms with van der Waals surface area (Å²) in [5, 5.41) is 7.23. The van der Waals surface area contributed by atoms with Gasteiger partial charge in [-0.25, -0.2) is 9.97 Å². The normalized spacial score (nSPS) is 15.7. The minimum atomic E-state index is -0.165. The second kappa shape index (κ2) is 6.13. The highest BCUT2D eigenvalue weighted by molar-refractivity contribution is 5.98. The molecule has 0 aromatic carbocycles. The lowest BCUT2D eigenvalue weighted by Crippen LogP contribution is -2.36. The number of nitrogens with two attached hydrogens (primary N) is 1. The number of nitrogen functional groups attached to an aromatic ring is 1. The van der Waals surface area contributed by atoms with Crippen LogP contribution in [0, 0.1) is 6.92 Å². The van der Waals surface area contributed by atoms with Crippen LogP contribution >= 0.6 is 0 Å². The van der Waals surface area contributed by atoms with E-state index < -0.39 is 0 Å². The molecule has 0 radical (unpaired) electrons. The summed E-state index contributed by atoms with van der Waals surface area (Å²) >= 11 is 0. The van der Waals surface area contributed by atoms with Crippen molar-refractivity contribution in [1.82, 2.24) is 25.1 Å². The number of hydrogen-bond acceptors (Lipinski definition) is 5. The molecule has 3 N–H and O–H groups in total. The SMILES string of the molecule is Cc1cc(-n2ncc(C(=O)NC3CCCCC3)c2N)ncn1. The summed E-state index contributed by atoms with van der Waals surface area (Å²) in [5.74, 6) is 0.689. The van der Waals surface area contributed by atoms with Crippen LogP contribution in [0.3, 0.4) is 0 Å². The van der Waals surface area contributed by atoms with Crippen molar-refractivity contribution in [3.05, 3.63) is 29.8 Å². The quantitative estimate of drug-likeness (QED) is 0.897. The van der Waals surface area contributed by atoms with E-state index in [9.17, 15) is 4.79 Å². The number of carbonyl (C=O) groups is 1. The van der Waals surface area contributed by atoms with Gasteiger partial charge in [0.05, 0.1) is 6.20 Å². The van der Waals surface area contributed by atoms with Gasteiger partial charge in [-0.1, -0.05) is 19.3 Å². The Kier molecular flexibility index (Phi) is 4.04. The van der Waals surface area contributed by atoms with Crippen LogP contribution in [0.1, 0.15) is 48.2 Å². The van der Waals surface area contributed by atoms with Crippen LogP contribution in [0.25, 0.3) is 5.82 Å². The van der Waals surface area contributed by atoms with Crippen LogP contribution in [0.5, 0.6) is 0 Å². The molecule has 2 aromatic rings. The van der Waals surface area contributed by atoms with Crippen molar-refractivity contribution in [3.8, 4) is 5.82 Å². The molecule has 2 aromatic heterocycles. The molecular weight excluding hydrogens is 280 g/mol. The molecule has 1 fully saturated rings. The fraction of sp³-hybridized carbons (Fsp3) is 0.467. The van der Waals surface area contributed by atoms with Crippen LogP contribution < -0.4 is 11.1 Å². The molecule has 0 atom stereocenters. The first kappa shape index (κ1) is 14.5. The second-order valence-corrected chi connectivity index (χ2v) is 5.68. The van der Waals surface area contributed by atoms with Crippen molar-refractivity contribution >= 4 is 11.7 Å². The number of rotatable bonds is 3. The van der Waals surface area contributed by atoms with Crippen LogP contribution in [0.2, 0.25) is 0 Å². The van der Waals surface area contributed by atoms with E-state index in [1.54, 1.807) is 6.07 Å². The fourth-order valence-corrected chi connectivity index (χ4v) is 2.78. The Hall–Kier alpha value is -2.44. The molecule has 0 spiro atoms. The predicted molar refractivity (Wildman–Crippen MR) is 82.6 cm³/mol. The number of carbonyl (C=O) groups excluding carboxylic acids is 1. The Labute approximate surface area is 129 Å². The van der Waals surface area contributed by atoms with Gasteiger partial charge >= 0.3 is 0 Å². The van der Waals surface area contributed by atoms with E-state index in [0.29, 0.717) is 17.2 Å². The van der Waals surface area contributed by atoms with E-state index in [4.69, 9.17) is 5.73 Å². The summed E-state index contributed by atoms with van der Waals surface area (Å²) in [5.41, 5.74) is 7.27. The van der Waals surface area contributed by atoms with Gasteiger partial charge in [-0.2, -0.15) is 9.78 Å². The monoisotopic (exact) mass is 300 g/mol.